The monoisotopic (exact) mass is 218 g/mol. The zero-order valence-corrected chi connectivity index (χ0v) is 9.19. The van der Waals surface area contributed by atoms with Crippen molar-refractivity contribution >= 4 is 16.3 Å². The SMILES string of the molecule is Nc1sc2c(c1-c1[c]occ1)CCCC2. The van der Waals surface area contributed by atoms with Gasteiger partial charge in [0.15, 0.2) is 6.26 Å². The van der Waals surface area contributed by atoms with Crippen molar-refractivity contribution in [2.24, 2.45) is 0 Å². The Balaban J connectivity index is 2.18. The summed E-state index contributed by atoms with van der Waals surface area (Å²) in [6.07, 6.45) is 9.43. The molecule has 0 amide bonds. The molecule has 0 fully saturated rings. The first-order valence-electron chi connectivity index (χ1n) is 5.22. The number of fused-ring (bicyclic) bond motifs is 1. The smallest absolute Gasteiger partial charge is 0.177 e. The second kappa shape index (κ2) is 3.42. The van der Waals surface area contributed by atoms with E-state index in [1.54, 1.807) is 17.6 Å². The first-order chi connectivity index (χ1) is 7.36. The molecule has 3 heteroatoms. The van der Waals surface area contributed by atoms with Crippen LogP contribution in [0.15, 0.2) is 16.7 Å². The van der Waals surface area contributed by atoms with E-state index in [0.29, 0.717) is 0 Å². The lowest BCUT2D eigenvalue weighted by molar-refractivity contribution is 0.559. The van der Waals surface area contributed by atoms with Crippen molar-refractivity contribution in [3.05, 3.63) is 29.0 Å². The van der Waals surface area contributed by atoms with Crippen molar-refractivity contribution in [1.29, 1.82) is 0 Å². The number of aryl methyl sites for hydroxylation is 1. The molecular formula is C12H12NOS. The van der Waals surface area contributed by atoms with E-state index >= 15 is 0 Å². The number of anilines is 1. The summed E-state index contributed by atoms with van der Waals surface area (Å²) < 4.78 is 5.01. The number of hydrogen-bond donors (Lipinski definition) is 1. The summed E-state index contributed by atoms with van der Waals surface area (Å²) in [4.78, 5) is 1.46. The summed E-state index contributed by atoms with van der Waals surface area (Å²) in [5.41, 5.74) is 9.68. The van der Waals surface area contributed by atoms with Crippen LogP contribution in [0.4, 0.5) is 5.00 Å². The minimum atomic E-state index is 0.916. The van der Waals surface area contributed by atoms with E-state index in [4.69, 9.17) is 10.2 Å². The van der Waals surface area contributed by atoms with Crippen LogP contribution < -0.4 is 5.73 Å². The maximum Gasteiger partial charge on any atom is 0.177 e. The Morgan fingerprint density at radius 1 is 1.33 bits per heavy atom. The Hall–Kier alpha value is -1.22. The van der Waals surface area contributed by atoms with Crippen LogP contribution in [0.5, 0.6) is 0 Å². The summed E-state index contributed by atoms with van der Waals surface area (Å²) in [5.74, 6) is 0. The van der Waals surface area contributed by atoms with Crippen LogP contribution in [0.25, 0.3) is 11.1 Å². The maximum absolute atomic E-state index is 6.07. The minimum Gasteiger partial charge on any atom is -0.460 e. The van der Waals surface area contributed by atoms with Gasteiger partial charge < -0.3 is 10.2 Å². The quantitative estimate of drug-likeness (QED) is 0.797. The zero-order chi connectivity index (χ0) is 10.3. The van der Waals surface area contributed by atoms with Crippen LogP contribution in [0.1, 0.15) is 23.3 Å². The molecule has 2 aromatic rings. The lowest BCUT2D eigenvalue weighted by Crippen LogP contribution is -1.99. The maximum atomic E-state index is 6.07. The summed E-state index contributed by atoms with van der Waals surface area (Å²) in [6.45, 7) is 0. The fourth-order valence-electron chi connectivity index (χ4n) is 2.25. The molecule has 15 heavy (non-hydrogen) atoms. The fourth-order valence-corrected chi connectivity index (χ4v) is 3.42. The fraction of sp³-hybridized carbons (Fsp3) is 0.333. The van der Waals surface area contributed by atoms with Crippen LogP contribution in [0.3, 0.4) is 0 Å². The van der Waals surface area contributed by atoms with E-state index in [9.17, 15) is 0 Å². The average Bonchev–Trinajstić information content (AvgIpc) is 2.82. The number of nitrogen functional groups attached to an aromatic ring is 1. The van der Waals surface area contributed by atoms with Crippen LogP contribution in [0.2, 0.25) is 0 Å². The third-order valence-electron chi connectivity index (χ3n) is 2.94. The first kappa shape index (κ1) is 9.04. The summed E-state index contributed by atoms with van der Waals surface area (Å²) in [6, 6.07) is 1.94. The topological polar surface area (TPSA) is 39.2 Å². The highest BCUT2D eigenvalue weighted by molar-refractivity contribution is 7.16. The van der Waals surface area contributed by atoms with E-state index in [2.05, 4.69) is 6.26 Å². The number of hydrogen-bond acceptors (Lipinski definition) is 3. The van der Waals surface area contributed by atoms with Gasteiger partial charge in [-0.1, -0.05) is 0 Å². The molecule has 0 bridgehead atoms. The highest BCUT2D eigenvalue weighted by Gasteiger charge is 2.20. The van der Waals surface area contributed by atoms with Gasteiger partial charge in [-0.3, -0.25) is 0 Å². The Labute approximate surface area is 92.7 Å². The van der Waals surface area contributed by atoms with Crippen molar-refractivity contribution < 1.29 is 4.42 Å². The molecule has 3 rings (SSSR count). The van der Waals surface area contributed by atoms with E-state index in [-0.39, 0.29) is 0 Å². The van der Waals surface area contributed by atoms with Gasteiger partial charge in [0.25, 0.3) is 0 Å². The van der Waals surface area contributed by atoms with Crippen molar-refractivity contribution in [2.75, 3.05) is 5.73 Å². The Morgan fingerprint density at radius 2 is 2.20 bits per heavy atom. The molecule has 2 nitrogen and oxygen atoms in total. The van der Waals surface area contributed by atoms with Crippen molar-refractivity contribution in [2.45, 2.75) is 25.7 Å². The molecule has 0 aliphatic heterocycles. The summed E-state index contributed by atoms with van der Waals surface area (Å²) in [7, 11) is 0. The number of nitrogens with two attached hydrogens (primary N) is 1. The molecule has 0 unspecified atom stereocenters. The highest BCUT2D eigenvalue weighted by Crippen LogP contribution is 2.42. The third kappa shape index (κ3) is 1.38. The normalized spacial score (nSPS) is 15.2. The molecule has 1 aliphatic carbocycles. The predicted octanol–water partition coefficient (Wildman–Crippen LogP) is 3.27. The Bertz CT molecular complexity index is 470. The van der Waals surface area contributed by atoms with Gasteiger partial charge in [-0.2, -0.15) is 0 Å². The molecule has 0 spiro atoms. The van der Waals surface area contributed by atoms with E-state index < -0.39 is 0 Å². The third-order valence-corrected chi connectivity index (χ3v) is 4.06. The van der Waals surface area contributed by atoms with Gasteiger partial charge in [0.1, 0.15) is 0 Å². The molecule has 1 aliphatic rings. The number of furan rings is 1. The van der Waals surface area contributed by atoms with Gasteiger partial charge >= 0.3 is 0 Å². The van der Waals surface area contributed by atoms with E-state index in [0.717, 1.165) is 17.0 Å². The largest absolute Gasteiger partial charge is 0.460 e. The van der Waals surface area contributed by atoms with Crippen molar-refractivity contribution in [1.82, 2.24) is 0 Å². The molecule has 77 valence electrons. The van der Waals surface area contributed by atoms with E-state index in [1.807, 2.05) is 6.07 Å². The number of rotatable bonds is 1. The van der Waals surface area contributed by atoms with Crippen LogP contribution in [-0.4, -0.2) is 0 Å². The highest BCUT2D eigenvalue weighted by atomic mass is 32.1. The number of thiophene rings is 1. The van der Waals surface area contributed by atoms with E-state index in [1.165, 1.54) is 35.3 Å². The Morgan fingerprint density at radius 3 is 3.00 bits per heavy atom. The zero-order valence-electron chi connectivity index (χ0n) is 8.38. The van der Waals surface area contributed by atoms with Gasteiger partial charge in [-0.25, -0.2) is 0 Å². The van der Waals surface area contributed by atoms with Gasteiger partial charge in [-0.05, 0) is 37.3 Å². The molecule has 0 saturated carbocycles. The van der Waals surface area contributed by atoms with Gasteiger partial charge in [0.05, 0.1) is 11.3 Å². The second-order valence-corrected chi connectivity index (χ2v) is 5.02. The molecule has 2 aromatic heterocycles. The lowest BCUT2D eigenvalue weighted by Gasteiger charge is -2.11. The summed E-state index contributed by atoms with van der Waals surface area (Å²) in [5, 5.41) is 0.916. The molecule has 0 atom stereocenters. The first-order valence-corrected chi connectivity index (χ1v) is 6.03. The van der Waals surface area contributed by atoms with Crippen LogP contribution in [0, 0.1) is 6.26 Å². The predicted molar refractivity (Wildman–Crippen MR) is 61.9 cm³/mol. The van der Waals surface area contributed by atoms with Gasteiger partial charge in [0.2, 0.25) is 0 Å². The summed E-state index contributed by atoms with van der Waals surface area (Å²) >= 11 is 1.73. The minimum absolute atomic E-state index is 0.916. The molecule has 0 aromatic carbocycles. The van der Waals surface area contributed by atoms with Crippen LogP contribution in [-0.2, 0) is 12.8 Å². The molecule has 2 N–H and O–H groups in total. The average molecular weight is 218 g/mol. The second-order valence-electron chi connectivity index (χ2n) is 3.89. The van der Waals surface area contributed by atoms with Gasteiger partial charge in [0, 0.05) is 16.0 Å². The van der Waals surface area contributed by atoms with Gasteiger partial charge in [-0.15, -0.1) is 11.3 Å². The molecular weight excluding hydrogens is 206 g/mol. The van der Waals surface area contributed by atoms with Crippen molar-refractivity contribution in [3.63, 3.8) is 0 Å². The van der Waals surface area contributed by atoms with Crippen LogP contribution >= 0.6 is 11.3 Å². The lowest BCUT2D eigenvalue weighted by atomic mass is 9.93. The molecule has 2 heterocycles. The molecule has 1 radical (unpaired) electrons. The molecule has 0 saturated heterocycles. The standard InChI is InChI=1S/C12H12NOS/c13-12-11(8-5-6-14-7-8)9-3-1-2-4-10(9)15-12/h5-6H,1-4,13H2. The van der Waals surface area contributed by atoms with Crippen molar-refractivity contribution in [3.8, 4) is 11.1 Å². The Kier molecular flexibility index (Phi) is 2.06.